The number of Topliss-reactive ketones (excluding diaryl/α,β-unsaturated/α-hetero) is 1. The van der Waals surface area contributed by atoms with E-state index in [4.69, 9.17) is 0 Å². The summed E-state index contributed by atoms with van der Waals surface area (Å²) in [6.45, 7) is 10.1. The van der Waals surface area contributed by atoms with Crippen molar-refractivity contribution < 1.29 is 4.79 Å². The minimum Gasteiger partial charge on any atom is -0.316 e. The Bertz CT molecular complexity index is 141. The maximum absolute atomic E-state index is 11.1. The molecule has 0 amide bonds. The van der Waals surface area contributed by atoms with E-state index in [9.17, 15) is 4.79 Å². The van der Waals surface area contributed by atoms with E-state index in [0.717, 1.165) is 19.5 Å². The standard InChI is InChI=1S/C8H15NO.C2H6/c1-8(2)5-7(10)3-4-9-6-8;1-2/h9H,3-6H2,1-2H3;1-2H3. The molecule has 2 nitrogen and oxygen atoms in total. The molecule has 0 saturated carbocycles. The number of carbonyl (C=O) groups excluding carboxylic acids is 1. The Labute approximate surface area is 75.7 Å². The molecular weight excluding hydrogens is 150 g/mol. The van der Waals surface area contributed by atoms with Gasteiger partial charge in [-0.1, -0.05) is 27.7 Å². The highest BCUT2D eigenvalue weighted by molar-refractivity contribution is 5.79. The van der Waals surface area contributed by atoms with E-state index in [1.807, 2.05) is 13.8 Å². The third-order valence-corrected chi connectivity index (χ3v) is 1.86. The summed E-state index contributed by atoms with van der Waals surface area (Å²) < 4.78 is 0. The van der Waals surface area contributed by atoms with Gasteiger partial charge in [-0.3, -0.25) is 4.79 Å². The molecule has 1 saturated heterocycles. The smallest absolute Gasteiger partial charge is 0.134 e. The van der Waals surface area contributed by atoms with Crippen molar-refractivity contribution in [3.8, 4) is 0 Å². The average molecular weight is 171 g/mol. The van der Waals surface area contributed by atoms with Gasteiger partial charge in [0, 0.05) is 25.9 Å². The van der Waals surface area contributed by atoms with E-state index in [1.165, 1.54) is 0 Å². The van der Waals surface area contributed by atoms with Gasteiger partial charge in [-0.25, -0.2) is 0 Å². The Kier molecular flexibility index (Phi) is 5.14. The molecule has 0 unspecified atom stereocenters. The molecule has 0 radical (unpaired) electrons. The zero-order chi connectivity index (χ0) is 9.61. The van der Waals surface area contributed by atoms with E-state index in [0.29, 0.717) is 12.2 Å². The molecule has 1 heterocycles. The van der Waals surface area contributed by atoms with Crippen LogP contribution >= 0.6 is 0 Å². The highest BCUT2D eigenvalue weighted by atomic mass is 16.1. The van der Waals surface area contributed by atoms with Gasteiger partial charge in [0.2, 0.25) is 0 Å². The van der Waals surface area contributed by atoms with Crippen LogP contribution in [0, 0.1) is 5.41 Å². The lowest BCUT2D eigenvalue weighted by molar-refractivity contribution is -0.120. The highest BCUT2D eigenvalue weighted by Gasteiger charge is 2.23. The van der Waals surface area contributed by atoms with Crippen LogP contribution in [-0.4, -0.2) is 18.9 Å². The molecular formula is C10H21NO. The van der Waals surface area contributed by atoms with Crippen molar-refractivity contribution in [3.63, 3.8) is 0 Å². The van der Waals surface area contributed by atoms with Crippen molar-refractivity contribution in [1.29, 1.82) is 0 Å². The van der Waals surface area contributed by atoms with Crippen LogP contribution in [0.3, 0.4) is 0 Å². The molecule has 1 N–H and O–H groups in total. The third-order valence-electron chi connectivity index (χ3n) is 1.86. The summed E-state index contributed by atoms with van der Waals surface area (Å²) >= 11 is 0. The SMILES string of the molecule is CC.CC1(C)CNCCC(=O)C1. The Balaban J connectivity index is 0.000000561. The third kappa shape index (κ3) is 4.50. The minimum atomic E-state index is 0.174. The van der Waals surface area contributed by atoms with Gasteiger partial charge >= 0.3 is 0 Å². The van der Waals surface area contributed by atoms with Crippen LogP contribution in [0.5, 0.6) is 0 Å². The molecule has 0 aliphatic carbocycles. The first-order valence-corrected chi connectivity index (χ1v) is 4.83. The monoisotopic (exact) mass is 171 g/mol. The Morgan fingerprint density at radius 3 is 2.50 bits per heavy atom. The lowest BCUT2D eigenvalue weighted by Gasteiger charge is -2.20. The number of rotatable bonds is 0. The van der Waals surface area contributed by atoms with Crippen molar-refractivity contribution in [2.75, 3.05) is 13.1 Å². The summed E-state index contributed by atoms with van der Waals surface area (Å²) in [7, 11) is 0. The molecule has 0 aromatic carbocycles. The van der Waals surface area contributed by atoms with Gasteiger partial charge in [0.05, 0.1) is 0 Å². The van der Waals surface area contributed by atoms with E-state index < -0.39 is 0 Å². The van der Waals surface area contributed by atoms with Crippen LogP contribution < -0.4 is 5.32 Å². The Hall–Kier alpha value is -0.370. The summed E-state index contributed by atoms with van der Waals surface area (Å²) in [6.07, 6.45) is 1.45. The molecule has 0 aromatic rings. The zero-order valence-electron chi connectivity index (χ0n) is 8.74. The van der Waals surface area contributed by atoms with E-state index in [1.54, 1.807) is 0 Å². The molecule has 12 heavy (non-hydrogen) atoms. The summed E-state index contributed by atoms with van der Waals surface area (Å²) in [5, 5.41) is 3.25. The van der Waals surface area contributed by atoms with Gasteiger partial charge in [0.1, 0.15) is 5.78 Å². The number of hydrogen-bond donors (Lipinski definition) is 1. The predicted molar refractivity (Wildman–Crippen MR) is 52.2 cm³/mol. The van der Waals surface area contributed by atoms with Crippen molar-refractivity contribution >= 4 is 5.78 Å². The van der Waals surface area contributed by atoms with E-state index in [-0.39, 0.29) is 5.41 Å². The van der Waals surface area contributed by atoms with E-state index >= 15 is 0 Å². The van der Waals surface area contributed by atoms with Crippen LogP contribution in [0.4, 0.5) is 0 Å². The molecule has 0 bridgehead atoms. The summed E-state index contributed by atoms with van der Waals surface area (Å²) in [5.74, 6) is 0.398. The van der Waals surface area contributed by atoms with Gasteiger partial charge in [-0.05, 0) is 5.41 Å². The van der Waals surface area contributed by atoms with Gasteiger partial charge in [-0.2, -0.15) is 0 Å². The average Bonchev–Trinajstić information content (AvgIpc) is 2.14. The summed E-state index contributed by atoms with van der Waals surface area (Å²) in [6, 6.07) is 0. The number of hydrogen-bond acceptors (Lipinski definition) is 2. The first-order chi connectivity index (χ1) is 5.60. The van der Waals surface area contributed by atoms with E-state index in [2.05, 4.69) is 19.2 Å². The Morgan fingerprint density at radius 2 is 1.92 bits per heavy atom. The maximum atomic E-state index is 11.1. The summed E-state index contributed by atoms with van der Waals surface area (Å²) in [4.78, 5) is 11.1. The first-order valence-electron chi connectivity index (χ1n) is 4.83. The fourth-order valence-electron chi connectivity index (χ4n) is 1.34. The maximum Gasteiger partial charge on any atom is 0.134 e. The second-order valence-corrected chi connectivity index (χ2v) is 3.81. The molecule has 1 fully saturated rings. The van der Waals surface area contributed by atoms with Crippen molar-refractivity contribution in [2.45, 2.75) is 40.5 Å². The van der Waals surface area contributed by atoms with Gasteiger partial charge in [-0.15, -0.1) is 0 Å². The molecule has 72 valence electrons. The lowest BCUT2D eigenvalue weighted by atomic mass is 9.88. The molecule has 0 spiro atoms. The predicted octanol–water partition coefficient (Wildman–Crippen LogP) is 1.99. The fourth-order valence-corrected chi connectivity index (χ4v) is 1.34. The second-order valence-electron chi connectivity index (χ2n) is 3.81. The largest absolute Gasteiger partial charge is 0.316 e. The van der Waals surface area contributed by atoms with Crippen LogP contribution in [0.15, 0.2) is 0 Å². The topological polar surface area (TPSA) is 29.1 Å². The van der Waals surface area contributed by atoms with Gasteiger partial charge in [0.25, 0.3) is 0 Å². The Morgan fingerprint density at radius 1 is 1.33 bits per heavy atom. The molecule has 1 rings (SSSR count). The fraction of sp³-hybridized carbons (Fsp3) is 0.900. The van der Waals surface area contributed by atoms with Crippen LogP contribution in [0.1, 0.15) is 40.5 Å². The zero-order valence-corrected chi connectivity index (χ0v) is 8.74. The van der Waals surface area contributed by atoms with Gasteiger partial charge < -0.3 is 5.32 Å². The normalized spacial score (nSPS) is 22.2. The van der Waals surface area contributed by atoms with Crippen LogP contribution in [-0.2, 0) is 4.79 Å². The quantitative estimate of drug-likeness (QED) is 0.604. The second kappa shape index (κ2) is 5.31. The van der Waals surface area contributed by atoms with Crippen molar-refractivity contribution in [1.82, 2.24) is 5.32 Å². The first kappa shape index (κ1) is 11.6. The molecule has 1 aliphatic rings. The molecule has 0 aromatic heterocycles. The lowest BCUT2D eigenvalue weighted by Crippen LogP contribution is -2.27. The molecule has 2 heteroatoms. The van der Waals surface area contributed by atoms with Crippen LogP contribution in [0.2, 0.25) is 0 Å². The van der Waals surface area contributed by atoms with Crippen molar-refractivity contribution in [2.24, 2.45) is 5.41 Å². The number of carbonyl (C=O) groups is 1. The van der Waals surface area contributed by atoms with Gasteiger partial charge in [0.15, 0.2) is 0 Å². The molecule has 1 aliphatic heterocycles. The van der Waals surface area contributed by atoms with Crippen LogP contribution in [0.25, 0.3) is 0 Å². The number of nitrogens with one attached hydrogen (secondary N) is 1. The highest BCUT2D eigenvalue weighted by Crippen LogP contribution is 2.21. The van der Waals surface area contributed by atoms with Crippen molar-refractivity contribution in [3.05, 3.63) is 0 Å². The molecule has 0 atom stereocenters. The minimum absolute atomic E-state index is 0.174. The number of ketones is 1. The summed E-state index contributed by atoms with van der Waals surface area (Å²) in [5.41, 5.74) is 0.174.